The van der Waals surface area contributed by atoms with Crippen molar-refractivity contribution in [3.05, 3.63) is 53.3 Å². The zero-order valence-electron chi connectivity index (χ0n) is 16.6. The zero-order valence-corrected chi connectivity index (χ0v) is 16.6. The van der Waals surface area contributed by atoms with Gasteiger partial charge in [-0.15, -0.1) is 0 Å². The molecule has 1 aliphatic rings. The molecule has 0 atom stereocenters. The van der Waals surface area contributed by atoms with Crippen LogP contribution in [0.4, 0.5) is 10.1 Å². The summed E-state index contributed by atoms with van der Waals surface area (Å²) < 4.78 is 23.7. The van der Waals surface area contributed by atoms with Gasteiger partial charge in [-0.25, -0.2) is 4.39 Å². The molecule has 2 N–H and O–H groups in total. The van der Waals surface area contributed by atoms with Gasteiger partial charge in [-0.2, -0.15) is 0 Å². The summed E-state index contributed by atoms with van der Waals surface area (Å²) >= 11 is 0. The Balaban J connectivity index is 1.82. The van der Waals surface area contributed by atoms with Crippen molar-refractivity contribution >= 4 is 17.5 Å². The molecule has 2 aromatic carbocycles. The number of halogens is 1. The Morgan fingerprint density at radius 1 is 1.03 bits per heavy atom. The summed E-state index contributed by atoms with van der Waals surface area (Å²) in [5.74, 6) is -0.0444. The maximum Gasteiger partial charge on any atom is 0.253 e. The SMILES string of the molecule is COc1cc(NC(=O)C2CCCC2)c(C(=O)NCc2ccc(F)cc2)cc1OC. The Hall–Kier alpha value is -3.09. The molecular weight excluding hydrogens is 375 g/mol. The van der Waals surface area contributed by atoms with E-state index in [0.29, 0.717) is 17.2 Å². The van der Waals surface area contributed by atoms with E-state index in [9.17, 15) is 14.0 Å². The topological polar surface area (TPSA) is 76.7 Å². The normalized spacial score (nSPS) is 13.8. The Morgan fingerprint density at radius 3 is 2.28 bits per heavy atom. The van der Waals surface area contributed by atoms with Gasteiger partial charge in [0.05, 0.1) is 25.5 Å². The van der Waals surface area contributed by atoms with Crippen LogP contribution in [0.25, 0.3) is 0 Å². The molecule has 3 rings (SSSR count). The Labute approximate surface area is 169 Å². The molecule has 29 heavy (non-hydrogen) atoms. The predicted molar refractivity (Wildman–Crippen MR) is 108 cm³/mol. The molecule has 154 valence electrons. The van der Waals surface area contributed by atoms with Crippen LogP contribution in [-0.4, -0.2) is 26.0 Å². The minimum absolute atomic E-state index is 0.0433. The third kappa shape index (κ3) is 5.04. The number of hydrogen-bond donors (Lipinski definition) is 2. The Morgan fingerprint density at radius 2 is 1.66 bits per heavy atom. The lowest BCUT2D eigenvalue weighted by Crippen LogP contribution is -2.26. The molecule has 1 fully saturated rings. The summed E-state index contributed by atoms with van der Waals surface area (Å²) in [6, 6.07) is 9.03. The van der Waals surface area contributed by atoms with Crippen LogP contribution in [0.2, 0.25) is 0 Å². The summed E-state index contributed by atoms with van der Waals surface area (Å²) in [5.41, 5.74) is 1.41. The molecule has 7 heteroatoms. The number of hydrogen-bond acceptors (Lipinski definition) is 4. The van der Waals surface area contributed by atoms with Crippen LogP contribution in [0.1, 0.15) is 41.6 Å². The van der Waals surface area contributed by atoms with Gasteiger partial charge in [0, 0.05) is 18.5 Å². The zero-order chi connectivity index (χ0) is 20.8. The van der Waals surface area contributed by atoms with Crippen molar-refractivity contribution in [3.63, 3.8) is 0 Å². The van der Waals surface area contributed by atoms with E-state index in [4.69, 9.17) is 9.47 Å². The van der Waals surface area contributed by atoms with E-state index in [2.05, 4.69) is 10.6 Å². The van der Waals surface area contributed by atoms with Crippen molar-refractivity contribution in [2.75, 3.05) is 19.5 Å². The van der Waals surface area contributed by atoms with Crippen molar-refractivity contribution in [2.24, 2.45) is 5.92 Å². The molecule has 0 unspecified atom stereocenters. The minimum atomic E-state index is -0.378. The second-order valence-corrected chi connectivity index (χ2v) is 7.03. The van der Waals surface area contributed by atoms with Crippen molar-refractivity contribution in [1.82, 2.24) is 5.32 Å². The van der Waals surface area contributed by atoms with E-state index in [0.717, 1.165) is 31.2 Å². The van der Waals surface area contributed by atoms with Gasteiger partial charge in [0.25, 0.3) is 5.91 Å². The molecule has 0 radical (unpaired) electrons. The number of carbonyl (C=O) groups excluding carboxylic acids is 2. The van der Waals surface area contributed by atoms with E-state index in [-0.39, 0.29) is 35.7 Å². The molecule has 0 aliphatic heterocycles. The standard InChI is InChI=1S/C22H25FN2O4/c1-28-19-11-17(22(27)24-13-14-7-9-16(23)10-8-14)18(12-20(19)29-2)25-21(26)15-5-3-4-6-15/h7-12,15H,3-6,13H2,1-2H3,(H,24,27)(H,25,26). The summed E-state index contributed by atoms with van der Waals surface area (Å²) in [6.45, 7) is 0.226. The number of carbonyl (C=O) groups is 2. The van der Waals surface area contributed by atoms with Crippen LogP contribution in [0, 0.1) is 11.7 Å². The average molecular weight is 400 g/mol. The van der Waals surface area contributed by atoms with Crippen molar-refractivity contribution in [2.45, 2.75) is 32.2 Å². The van der Waals surface area contributed by atoms with Crippen molar-refractivity contribution in [1.29, 1.82) is 0 Å². The van der Waals surface area contributed by atoms with Gasteiger partial charge in [0.2, 0.25) is 5.91 Å². The lowest BCUT2D eigenvalue weighted by atomic mass is 10.1. The van der Waals surface area contributed by atoms with E-state index >= 15 is 0 Å². The minimum Gasteiger partial charge on any atom is -0.493 e. The van der Waals surface area contributed by atoms with Gasteiger partial charge < -0.3 is 20.1 Å². The first-order chi connectivity index (χ1) is 14.0. The molecule has 1 saturated carbocycles. The van der Waals surface area contributed by atoms with E-state index in [1.165, 1.54) is 26.4 Å². The lowest BCUT2D eigenvalue weighted by molar-refractivity contribution is -0.119. The molecule has 1 aliphatic carbocycles. The quantitative estimate of drug-likeness (QED) is 0.739. The molecule has 2 aromatic rings. The summed E-state index contributed by atoms with van der Waals surface area (Å²) in [4.78, 5) is 25.4. The van der Waals surface area contributed by atoms with Gasteiger partial charge in [-0.05, 0) is 36.6 Å². The molecule has 0 spiro atoms. The fraction of sp³-hybridized carbons (Fsp3) is 0.364. The highest BCUT2D eigenvalue weighted by atomic mass is 19.1. The van der Waals surface area contributed by atoms with E-state index in [1.807, 2.05) is 0 Å². The maximum absolute atomic E-state index is 13.1. The van der Waals surface area contributed by atoms with Gasteiger partial charge in [0.15, 0.2) is 11.5 Å². The number of nitrogens with one attached hydrogen (secondary N) is 2. The van der Waals surface area contributed by atoms with Gasteiger partial charge in [-0.3, -0.25) is 9.59 Å². The number of benzene rings is 2. The first-order valence-electron chi connectivity index (χ1n) is 9.61. The maximum atomic E-state index is 13.1. The third-order valence-corrected chi connectivity index (χ3v) is 5.12. The largest absolute Gasteiger partial charge is 0.493 e. The first kappa shape index (κ1) is 20.6. The van der Waals surface area contributed by atoms with E-state index < -0.39 is 0 Å². The van der Waals surface area contributed by atoms with Gasteiger partial charge in [0.1, 0.15) is 5.82 Å². The number of anilines is 1. The third-order valence-electron chi connectivity index (χ3n) is 5.12. The summed E-state index contributed by atoms with van der Waals surface area (Å²) in [7, 11) is 2.98. The molecule has 6 nitrogen and oxygen atoms in total. The Kier molecular flexibility index (Phi) is 6.69. The predicted octanol–water partition coefficient (Wildman–Crippen LogP) is 3.90. The fourth-order valence-corrected chi connectivity index (χ4v) is 3.47. The molecule has 0 aromatic heterocycles. The van der Waals surface area contributed by atoms with Crippen LogP contribution < -0.4 is 20.1 Å². The molecule has 0 saturated heterocycles. The summed E-state index contributed by atoms with van der Waals surface area (Å²) in [6.07, 6.45) is 3.78. The second-order valence-electron chi connectivity index (χ2n) is 7.03. The fourth-order valence-electron chi connectivity index (χ4n) is 3.47. The van der Waals surface area contributed by atoms with E-state index in [1.54, 1.807) is 24.3 Å². The molecule has 0 bridgehead atoms. The number of ether oxygens (including phenoxy) is 2. The van der Waals surface area contributed by atoms with Gasteiger partial charge >= 0.3 is 0 Å². The highest BCUT2D eigenvalue weighted by Gasteiger charge is 2.25. The average Bonchev–Trinajstić information content (AvgIpc) is 3.28. The lowest BCUT2D eigenvalue weighted by Gasteiger charge is -2.17. The van der Waals surface area contributed by atoms with Crippen LogP contribution in [0.5, 0.6) is 11.5 Å². The monoisotopic (exact) mass is 400 g/mol. The van der Waals surface area contributed by atoms with Crippen LogP contribution in [0.3, 0.4) is 0 Å². The highest BCUT2D eigenvalue weighted by molar-refractivity contribution is 6.05. The van der Waals surface area contributed by atoms with Crippen molar-refractivity contribution in [3.8, 4) is 11.5 Å². The number of methoxy groups -OCH3 is 2. The van der Waals surface area contributed by atoms with Crippen LogP contribution in [0.15, 0.2) is 36.4 Å². The number of rotatable bonds is 7. The number of amides is 2. The first-order valence-corrected chi connectivity index (χ1v) is 9.61. The smallest absolute Gasteiger partial charge is 0.253 e. The molecule has 0 heterocycles. The Bertz CT molecular complexity index is 877. The molecular formula is C22H25FN2O4. The highest BCUT2D eigenvalue weighted by Crippen LogP contribution is 2.34. The molecule has 2 amide bonds. The van der Waals surface area contributed by atoms with Gasteiger partial charge in [-0.1, -0.05) is 25.0 Å². The summed E-state index contributed by atoms with van der Waals surface area (Å²) in [5, 5.41) is 5.68. The van der Waals surface area contributed by atoms with Crippen LogP contribution in [-0.2, 0) is 11.3 Å². The second kappa shape index (κ2) is 9.41. The van der Waals surface area contributed by atoms with Crippen molar-refractivity contribution < 1.29 is 23.5 Å². The van der Waals surface area contributed by atoms with Crippen LogP contribution >= 0.6 is 0 Å².